The molecule has 0 atom stereocenters. The van der Waals surface area contributed by atoms with Crippen molar-refractivity contribution in [1.29, 1.82) is 0 Å². The third-order valence-electron chi connectivity index (χ3n) is 5.71. The van der Waals surface area contributed by atoms with Gasteiger partial charge in [-0.15, -0.1) is 0 Å². The van der Waals surface area contributed by atoms with Gasteiger partial charge in [0.15, 0.2) is 0 Å². The lowest BCUT2D eigenvalue weighted by Crippen LogP contribution is -2.18. The standard InChI is InChI=1S/C31H24N4O7/c1-41-27-13-6-10-23(19-27)30(37)33-25-11-5-9-22(18-25)31(38)34-32-20-24-8-2-3-14-28(24)42-29(36)16-15-21-7-4-12-26(17-21)35(39)40/h2-20H,1H3,(H,33,37)(H,34,38)/b16-15+,32-20?. The highest BCUT2D eigenvalue weighted by atomic mass is 16.6. The van der Waals surface area contributed by atoms with E-state index in [-0.39, 0.29) is 22.9 Å². The molecule has 0 radical (unpaired) electrons. The van der Waals surface area contributed by atoms with Gasteiger partial charge in [0.1, 0.15) is 11.5 Å². The molecule has 0 aliphatic rings. The second-order valence-corrected chi connectivity index (χ2v) is 8.61. The number of hydrazone groups is 1. The van der Waals surface area contributed by atoms with Crippen molar-refractivity contribution >= 4 is 41.4 Å². The maximum absolute atomic E-state index is 12.7. The first-order valence-electron chi connectivity index (χ1n) is 12.4. The van der Waals surface area contributed by atoms with Gasteiger partial charge in [0.05, 0.1) is 18.2 Å². The minimum absolute atomic E-state index is 0.0983. The number of amides is 2. The van der Waals surface area contributed by atoms with Gasteiger partial charge in [0.25, 0.3) is 17.5 Å². The zero-order valence-corrected chi connectivity index (χ0v) is 22.2. The summed E-state index contributed by atoms with van der Waals surface area (Å²) < 4.78 is 10.5. The van der Waals surface area contributed by atoms with Gasteiger partial charge in [-0.1, -0.05) is 36.4 Å². The molecule has 0 aliphatic carbocycles. The summed E-state index contributed by atoms with van der Waals surface area (Å²) in [4.78, 5) is 48.0. The molecule has 2 N–H and O–H groups in total. The first-order chi connectivity index (χ1) is 20.3. The van der Waals surface area contributed by atoms with Crippen molar-refractivity contribution in [2.45, 2.75) is 0 Å². The molecular formula is C31H24N4O7. The molecule has 4 rings (SSSR count). The van der Waals surface area contributed by atoms with Crippen LogP contribution in [0.15, 0.2) is 108 Å². The van der Waals surface area contributed by atoms with Crippen molar-refractivity contribution in [2.75, 3.05) is 12.4 Å². The molecule has 4 aromatic rings. The molecule has 42 heavy (non-hydrogen) atoms. The van der Waals surface area contributed by atoms with Gasteiger partial charge in [0.2, 0.25) is 0 Å². The quantitative estimate of drug-likeness (QED) is 0.0668. The highest BCUT2D eigenvalue weighted by Gasteiger charge is 2.11. The lowest BCUT2D eigenvalue weighted by atomic mass is 10.1. The van der Waals surface area contributed by atoms with E-state index in [0.29, 0.717) is 28.1 Å². The number of nitro groups is 1. The topological polar surface area (TPSA) is 149 Å². The van der Waals surface area contributed by atoms with Crippen LogP contribution in [0.5, 0.6) is 11.5 Å². The Balaban J connectivity index is 1.37. The lowest BCUT2D eigenvalue weighted by Gasteiger charge is -2.08. The monoisotopic (exact) mass is 564 g/mol. The Morgan fingerprint density at radius 3 is 2.38 bits per heavy atom. The number of nitrogens with zero attached hydrogens (tertiary/aromatic N) is 2. The molecule has 0 heterocycles. The van der Waals surface area contributed by atoms with Gasteiger partial charge >= 0.3 is 5.97 Å². The van der Waals surface area contributed by atoms with E-state index < -0.39 is 16.8 Å². The van der Waals surface area contributed by atoms with Gasteiger partial charge in [-0.25, -0.2) is 10.2 Å². The van der Waals surface area contributed by atoms with Crippen LogP contribution in [-0.2, 0) is 4.79 Å². The molecule has 0 unspecified atom stereocenters. The smallest absolute Gasteiger partial charge is 0.336 e. The molecule has 0 fully saturated rings. The molecular weight excluding hydrogens is 540 g/mol. The van der Waals surface area contributed by atoms with E-state index in [1.165, 1.54) is 43.7 Å². The number of rotatable bonds is 10. The fourth-order valence-corrected chi connectivity index (χ4v) is 3.66. The van der Waals surface area contributed by atoms with E-state index in [9.17, 15) is 24.5 Å². The number of carbonyl (C=O) groups is 3. The first kappa shape index (κ1) is 28.9. The predicted molar refractivity (Wildman–Crippen MR) is 157 cm³/mol. The zero-order valence-electron chi connectivity index (χ0n) is 22.2. The largest absolute Gasteiger partial charge is 0.497 e. The van der Waals surface area contributed by atoms with E-state index >= 15 is 0 Å². The van der Waals surface area contributed by atoms with Crippen LogP contribution in [0.2, 0.25) is 0 Å². The Kier molecular flexibility index (Phi) is 9.50. The van der Waals surface area contributed by atoms with E-state index in [2.05, 4.69) is 15.8 Å². The molecule has 0 saturated carbocycles. The second-order valence-electron chi connectivity index (χ2n) is 8.61. The number of hydrogen-bond donors (Lipinski definition) is 2. The number of anilines is 1. The number of nitro benzene ring substituents is 1. The minimum atomic E-state index is -0.709. The minimum Gasteiger partial charge on any atom is -0.497 e. The zero-order chi connectivity index (χ0) is 29.9. The molecule has 0 saturated heterocycles. The van der Waals surface area contributed by atoms with Crippen molar-refractivity contribution in [2.24, 2.45) is 5.10 Å². The highest BCUT2D eigenvalue weighted by molar-refractivity contribution is 6.05. The number of nitrogens with one attached hydrogen (secondary N) is 2. The number of benzene rings is 4. The van der Waals surface area contributed by atoms with Crippen molar-refractivity contribution < 1.29 is 28.8 Å². The molecule has 0 bridgehead atoms. The maximum Gasteiger partial charge on any atom is 0.336 e. The van der Waals surface area contributed by atoms with Crippen LogP contribution in [0.4, 0.5) is 11.4 Å². The summed E-state index contributed by atoms with van der Waals surface area (Å²) >= 11 is 0. The fourth-order valence-electron chi connectivity index (χ4n) is 3.66. The van der Waals surface area contributed by atoms with Crippen LogP contribution in [0.3, 0.4) is 0 Å². The highest BCUT2D eigenvalue weighted by Crippen LogP contribution is 2.19. The second kappa shape index (κ2) is 13.8. The number of para-hydroxylation sites is 1. The van der Waals surface area contributed by atoms with Crippen molar-refractivity contribution in [1.82, 2.24) is 5.43 Å². The third-order valence-corrected chi connectivity index (χ3v) is 5.71. The molecule has 11 heteroatoms. The van der Waals surface area contributed by atoms with E-state index in [1.54, 1.807) is 72.8 Å². The lowest BCUT2D eigenvalue weighted by molar-refractivity contribution is -0.384. The summed E-state index contributed by atoms with van der Waals surface area (Å²) in [7, 11) is 1.51. The Morgan fingerprint density at radius 2 is 1.60 bits per heavy atom. The Bertz CT molecular complexity index is 1700. The molecule has 210 valence electrons. The van der Waals surface area contributed by atoms with E-state index in [1.807, 2.05) is 0 Å². The van der Waals surface area contributed by atoms with Crippen LogP contribution < -0.4 is 20.2 Å². The molecule has 0 aliphatic heterocycles. The average molecular weight is 565 g/mol. The first-order valence-corrected chi connectivity index (χ1v) is 12.4. The average Bonchev–Trinajstić information content (AvgIpc) is 3.01. The number of ether oxygens (including phenoxy) is 2. The Morgan fingerprint density at radius 1 is 0.857 bits per heavy atom. The SMILES string of the molecule is COc1cccc(C(=O)Nc2cccc(C(=O)NN=Cc3ccccc3OC(=O)/C=C/c3cccc([N+](=O)[O-])c3)c2)c1. The summed E-state index contributed by atoms with van der Waals surface area (Å²) in [5.74, 6) is -0.874. The van der Waals surface area contributed by atoms with Gasteiger partial charge in [-0.05, 0) is 60.2 Å². The van der Waals surface area contributed by atoms with E-state index in [0.717, 1.165) is 6.08 Å². The van der Waals surface area contributed by atoms with Crippen LogP contribution in [-0.4, -0.2) is 36.0 Å². The molecule has 2 amide bonds. The molecule has 0 spiro atoms. The number of hydrogen-bond acceptors (Lipinski definition) is 8. The van der Waals surface area contributed by atoms with Crippen LogP contribution >= 0.6 is 0 Å². The van der Waals surface area contributed by atoms with Gasteiger partial charge < -0.3 is 14.8 Å². The summed E-state index contributed by atoms with van der Waals surface area (Å²) in [5.41, 5.74) is 4.24. The number of esters is 1. The van der Waals surface area contributed by atoms with Crippen LogP contribution in [0, 0.1) is 10.1 Å². The predicted octanol–water partition coefficient (Wildman–Crippen LogP) is 5.24. The van der Waals surface area contributed by atoms with Gasteiger partial charge in [-0.2, -0.15) is 5.10 Å². The fraction of sp³-hybridized carbons (Fsp3) is 0.0323. The summed E-state index contributed by atoms with van der Waals surface area (Å²) in [6, 6.07) is 25.4. The maximum atomic E-state index is 12.7. The molecule has 4 aromatic carbocycles. The van der Waals surface area contributed by atoms with Crippen LogP contribution in [0.25, 0.3) is 6.08 Å². The summed E-state index contributed by atoms with van der Waals surface area (Å²) in [5, 5.41) is 17.6. The summed E-state index contributed by atoms with van der Waals surface area (Å²) in [6.45, 7) is 0. The number of non-ortho nitro benzene ring substituents is 1. The Labute approximate surface area is 240 Å². The van der Waals surface area contributed by atoms with Crippen molar-refractivity contribution in [3.05, 3.63) is 136 Å². The Hall–Kier alpha value is -6.10. The molecule has 11 nitrogen and oxygen atoms in total. The van der Waals surface area contributed by atoms with Crippen molar-refractivity contribution in [3.8, 4) is 11.5 Å². The molecule has 0 aromatic heterocycles. The van der Waals surface area contributed by atoms with Crippen LogP contribution in [0.1, 0.15) is 31.8 Å². The summed E-state index contributed by atoms with van der Waals surface area (Å²) in [6.07, 6.45) is 3.87. The van der Waals surface area contributed by atoms with Gasteiger partial charge in [0, 0.05) is 40.6 Å². The van der Waals surface area contributed by atoms with E-state index in [4.69, 9.17) is 9.47 Å². The van der Waals surface area contributed by atoms with Crippen molar-refractivity contribution in [3.63, 3.8) is 0 Å². The third kappa shape index (κ3) is 7.96. The van der Waals surface area contributed by atoms with Gasteiger partial charge in [-0.3, -0.25) is 19.7 Å². The number of carbonyl (C=O) groups excluding carboxylic acids is 3. The normalized spacial score (nSPS) is 10.8. The number of methoxy groups -OCH3 is 1.